The average molecular weight is 195 g/mol. The SMILES string of the molecule is CCCNCc1nnc(C2CCC2)o1. The number of nitrogens with one attached hydrogen (secondary N) is 1. The molecule has 0 spiro atoms. The predicted molar refractivity (Wildman–Crippen MR) is 52.9 cm³/mol. The zero-order chi connectivity index (χ0) is 9.80. The van der Waals surface area contributed by atoms with E-state index in [2.05, 4.69) is 22.4 Å². The molecule has 0 radical (unpaired) electrons. The fourth-order valence-corrected chi connectivity index (χ4v) is 1.53. The molecule has 4 heteroatoms. The quantitative estimate of drug-likeness (QED) is 0.728. The summed E-state index contributed by atoms with van der Waals surface area (Å²) in [7, 11) is 0. The average Bonchev–Trinajstić information content (AvgIpc) is 2.51. The maximum Gasteiger partial charge on any atom is 0.230 e. The van der Waals surface area contributed by atoms with Crippen molar-refractivity contribution in [2.75, 3.05) is 6.54 Å². The van der Waals surface area contributed by atoms with E-state index in [4.69, 9.17) is 4.42 Å². The molecule has 1 heterocycles. The lowest BCUT2D eigenvalue weighted by molar-refractivity contribution is 0.322. The van der Waals surface area contributed by atoms with Crippen LogP contribution in [0.25, 0.3) is 0 Å². The number of nitrogens with zero attached hydrogens (tertiary/aromatic N) is 2. The Balaban J connectivity index is 1.83. The highest BCUT2D eigenvalue weighted by Gasteiger charge is 2.24. The Morgan fingerprint density at radius 2 is 2.29 bits per heavy atom. The molecule has 1 aromatic rings. The first kappa shape index (κ1) is 9.65. The van der Waals surface area contributed by atoms with Gasteiger partial charge in [-0.1, -0.05) is 13.3 Å². The number of rotatable bonds is 5. The second kappa shape index (κ2) is 4.55. The molecule has 14 heavy (non-hydrogen) atoms. The first-order valence-corrected chi connectivity index (χ1v) is 5.43. The van der Waals surface area contributed by atoms with Crippen molar-refractivity contribution < 1.29 is 4.42 Å². The molecule has 0 bridgehead atoms. The number of hydrogen-bond acceptors (Lipinski definition) is 4. The molecule has 78 valence electrons. The largest absolute Gasteiger partial charge is 0.424 e. The van der Waals surface area contributed by atoms with Crippen molar-refractivity contribution in [2.24, 2.45) is 0 Å². The van der Waals surface area contributed by atoms with Crippen molar-refractivity contribution in [3.05, 3.63) is 11.8 Å². The van der Waals surface area contributed by atoms with Gasteiger partial charge in [0.15, 0.2) is 0 Å². The number of aromatic nitrogens is 2. The van der Waals surface area contributed by atoms with E-state index in [1.807, 2.05) is 0 Å². The molecule has 4 nitrogen and oxygen atoms in total. The molecular weight excluding hydrogens is 178 g/mol. The second-order valence-corrected chi connectivity index (χ2v) is 3.84. The molecule has 1 fully saturated rings. The van der Waals surface area contributed by atoms with Gasteiger partial charge in [0, 0.05) is 5.92 Å². The molecule has 0 atom stereocenters. The molecular formula is C10H17N3O. The molecule has 1 saturated carbocycles. The van der Waals surface area contributed by atoms with Crippen LogP contribution in [0.5, 0.6) is 0 Å². The van der Waals surface area contributed by atoms with E-state index < -0.39 is 0 Å². The van der Waals surface area contributed by atoms with Crippen LogP contribution in [0, 0.1) is 0 Å². The van der Waals surface area contributed by atoms with Gasteiger partial charge >= 0.3 is 0 Å². The Morgan fingerprint density at radius 3 is 2.93 bits per heavy atom. The van der Waals surface area contributed by atoms with E-state index in [0.717, 1.165) is 24.7 Å². The zero-order valence-corrected chi connectivity index (χ0v) is 8.62. The van der Waals surface area contributed by atoms with Crippen LogP contribution in [0.15, 0.2) is 4.42 Å². The summed E-state index contributed by atoms with van der Waals surface area (Å²) in [5.74, 6) is 2.10. The van der Waals surface area contributed by atoms with Crippen molar-refractivity contribution in [1.29, 1.82) is 0 Å². The Bertz CT molecular complexity index is 281. The van der Waals surface area contributed by atoms with Crippen LogP contribution >= 0.6 is 0 Å². The fraction of sp³-hybridized carbons (Fsp3) is 0.800. The van der Waals surface area contributed by atoms with Crippen LogP contribution in [0.3, 0.4) is 0 Å². The van der Waals surface area contributed by atoms with Gasteiger partial charge in [-0.15, -0.1) is 10.2 Å². The number of hydrogen-bond donors (Lipinski definition) is 1. The first-order chi connectivity index (χ1) is 6.90. The van der Waals surface area contributed by atoms with E-state index in [1.165, 1.54) is 19.3 Å². The van der Waals surface area contributed by atoms with Crippen LogP contribution in [0.1, 0.15) is 50.3 Å². The Labute approximate surface area is 84.1 Å². The molecule has 0 aliphatic heterocycles. The standard InChI is InChI=1S/C10H17N3O/c1-2-6-11-7-9-12-13-10(14-9)8-4-3-5-8/h8,11H,2-7H2,1H3. The Hall–Kier alpha value is -0.900. The minimum atomic E-state index is 0.544. The van der Waals surface area contributed by atoms with E-state index >= 15 is 0 Å². The maximum absolute atomic E-state index is 5.55. The lowest BCUT2D eigenvalue weighted by Gasteiger charge is -2.20. The van der Waals surface area contributed by atoms with E-state index in [0.29, 0.717) is 12.5 Å². The van der Waals surface area contributed by atoms with Crippen molar-refractivity contribution in [3.63, 3.8) is 0 Å². The lowest BCUT2D eigenvalue weighted by Crippen LogP contribution is -2.13. The minimum Gasteiger partial charge on any atom is -0.424 e. The summed E-state index contributed by atoms with van der Waals surface area (Å²) in [6.07, 6.45) is 4.86. The van der Waals surface area contributed by atoms with Crippen molar-refractivity contribution in [3.8, 4) is 0 Å². The van der Waals surface area contributed by atoms with E-state index in [-0.39, 0.29) is 0 Å². The molecule has 0 unspecified atom stereocenters. The lowest BCUT2D eigenvalue weighted by atomic mass is 9.85. The van der Waals surface area contributed by atoms with Crippen molar-refractivity contribution >= 4 is 0 Å². The van der Waals surface area contributed by atoms with Gasteiger partial charge in [0.05, 0.1) is 6.54 Å². The van der Waals surface area contributed by atoms with Gasteiger partial charge < -0.3 is 9.73 Å². The molecule has 1 N–H and O–H groups in total. The van der Waals surface area contributed by atoms with Crippen LogP contribution in [0.4, 0.5) is 0 Å². The molecule has 1 aliphatic rings. The Kier molecular flexibility index (Phi) is 3.14. The van der Waals surface area contributed by atoms with Gasteiger partial charge in [0.2, 0.25) is 11.8 Å². The third kappa shape index (κ3) is 2.12. The van der Waals surface area contributed by atoms with Crippen LogP contribution in [-0.2, 0) is 6.54 Å². The van der Waals surface area contributed by atoms with Crippen molar-refractivity contribution in [2.45, 2.75) is 45.1 Å². The Morgan fingerprint density at radius 1 is 1.43 bits per heavy atom. The minimum absolute atomic E-state index is 0.544. The highest BCUT2D eigenvalue weighted by atomic mass is 16.4. The van der Waals surface area contributed by atoms with Crippen LogP contribution in [-0.4, -0.2) is 16.7 Å². The highest BCUT2D eigenvalue weighted by molar-refractivity contribution is 4.96. The first-order valence-electron chi connectivity index (χ1n) is 5.43. The third-order valence-corrected chi connectivity index (χ3v) is 2.64. The predicted octanol–water partition coefficient (Wildman–Crippen LogP) is 1.84. The van der Waals surface area contributed by atoms with Gasteiger partial charge in [0.1, 0.15) is 0 Å². The van der Waals surface area contributed by atoms with Crippen LogP contribution in [0.2, 0.25) is 0 Å². The molecule has 0 aromatic carbocycles. The van der Waals surface area contributed by atoms with Crippen molar-refractivity contribution in [1.82, 2.24) is 15.5 Å². The molecule has 2 rings (SSSR count). The van der Waals surface area contributed by atoms with E-state index in [1.54, 1.807) is 0 Å². The van der Waals surface area contributed by atoms with Gasteiger partial charge in [-0.2, -0.15) is 0 Å². The molecule has 0 amide bonds. The monoisotopic (exact) mass is 195 g/mol. The van der Waals surface area contributed by atoms with Crippen LogP contribution < -0.4 is 5.32 Å². The molecule has 0 saturated heterocycles. The fourth-order valence-electron chi connectivity index (χ4n) is 1.53. The summed E-state index contributed by atoms with van der Waals surface area (Å²) in [5.41, 5.74) is 0. The normalized spacial score (nSPS) is 16.9. The highest BCUT2D eigenvalue weighted by Crippen LogP contribution is 2.35. The summed E-state index contributed by atoms with van der Waals surface area (Å²) < 4.78 is 5.55. The van der Waals surface area contributed by atoms with Gasteiger partial charge in [-0.25, -0.2) is 0 Å². The summed E-state index contributed by atoms with van der Waals surface area (Å²) >= 11 is 0. The molecule has 1 aromatic heterocycles. The summed E-state index contributed by atoms with van der Waals surface area (Å²) in [5, 5.41) is 11.3. The maximum atomic E-state index is 5.55. The van der Waals surface area contributed by atoms with Gasteiger partial charge in [0.25, 0.3) is 0 Å². The smallest absolute Gasteiger partial charge is 0.230 e. The topological polar surface area (TPSA) is 51.0 Å². The summed E-state index contributed by atoms with van der Waals surface area (Å²) in [4.78, 5) is 0. The van der Waals surface area contributed by atoms with E-state index in [9.17, 15) is 0 Å². The zero-order valence-electron chi connectivity index (χ0n) is 8.62. The summed E-state index contributed by atoms with van der Waals surface area (Å²) in [6, 6.07) is 0. The third-order valence-electron chi connectivity index (χ3n) is 2.64. The van der Waals surface area contributed by atoms with Gasteiger partial charge in [-0.05, 0) is 25.8 Å². The van der Waals surface area contributed by atoms with Gasteiger partial charge in [-0.3, -0.25) is 0 Å². The summed E-state index contributed by atoms with van der Waals surface area (Å²) in [6.45, 7) is 3.84. The second-order valence-electron chi connectivity index (χ2n) is 3.84. The molecule has 1 aliphatic carbocycles.